The summed E-state index contributed by atoms with van der Waals surface area (Å²) in [5.41, 5.74) is 2.98. The Bertz CT molecular complexity index is 674. The number of benzene rings is 1. The van der Waals surface area contributed by atoms with Gasteiger partial charge in [-0.15, -0.1) is 0 Å². The Kier molecular flexibility index (Phi) is 6.41. The van der Waals surface area contributed by atoms with Crippen LogP contribution < -0.4 is 10.1 Å². The van der Waals surface area contributed by atoms with Crippen LogP contribution in [0.5, 0.6) is 5.88 Å². The van der Waals surface area contributed by atoms with Gasteiger partial charge in [0.25, 0.3) is 0 Å². The molecule has 0 radical (unpaired) electrons. The third-order valence-electron chi connectivity index (χ3n) is 3.48. The molecular weight excluding hydrogens is 312 g/mol. The smallest absolute Gasteiger partial charge is 0.220 e. The van der Waals surface area contributed by atoms with E-state index in [1.54, 1.807) is 6.20 Å². The number of hydrogen-bond acceptors (Lipinski definition) is 3. The zero-order valence-electron chi connectivity index (χ0n) is 13.4. The lowest BCUT2D eigenvalue weighted by atomic mass is 10.1. The van der Waals surface area contributed by atoms with Gasteiger partial charge in [0.2, 0.25) is 11.8 Å². The number of ether oxygens (including phenoxy) is 1. The lowest BCUT2D eigenvalue weighted by Crippen LogP contribution is -2.23. The van der Waals surface area contributed by atoms with Gasteiger partial charge in [0, 0.05) is 29.7 Å². The van der Waals surface area contributed by atoms with Crippen LogP contribution in [0.1, 0.15) is 30.0 Å². The molecule has 0 unspecified atom stereocenters. The fraction of sp³-hybridized carbons (Fsp3) is 0.333. The maximum atomic E-state index is 12.0. The molecule has 0 bridgehead atoms. The maximum Gasteiger partial charge on any atom is 0.220 e. The van der Waals surface area contributed by atoms with Gasteiger partial charge in [0.1, 0.15) is 0 Å². The molecule has 0 spiro atoms. The van der Waals surface area contributed by atoms with Crippen molar-refractivity contribution >= 4 is 17.5 Å². The molecule has 1 aromatic carbocycles. The van der Waals surface area contributed by atoms with E-state index in [0.717, 1.165) is 21.7 Å². The molecule has 0 atom stereocenters. The van der Waals surface area contributed by atoms with E-state index < -0.39 is 0 Å². The third kappa shape index (κ3) is 5.25. The van der Waals surface area contributed by atoms with E-state index in [1.807, 2.05) is 44.2 Å². The highest BCUT2D eigenvalue weighted by molar-refractivity contribution is 6.31. The molecule has 5 heteroatoms. The van der Waals surface area contributed by atoms with Crippen molar-refractivity contribution in [1.82, 2.24) is 10.3 Å². The molecule has 0 saturated heterocycles. The van der Waals surface area contributed by atoms with Crippen molar-refractivity contribution in [3.8, 4) is 5.88 Å². The van der Waals surface area contributed by atoms with E-state index in [0.29, 0.717) is 31.9 Å². The number of rotatable bonds is 7. The van der Waals surface area contributed by atoms with E-state index in [2.05, 4.69) is 10.3 Å². The highest BCUT2D eigenvalue weighted by Crippen LogP contribution is 2.18. The van der Waals surface area contributed by atoms with Gasteiger partial charge in [-0.05, 0) is 43.5 Å². The van der Waals surface area contributed by atoms with Gasteiger partial charge >= 0.3 is 0 Å². The van der Waals surface area contributed by atoms with E-state index in [9.17, 15) is 4.79 Å². The van der Waals surface area contributed by atoms with Crippen LogP contribution in [0.15, 0.2) is 36.5 Å². The Morgan fingerprint density at radius 1 is 1.35 bits per heavy atom. The molecule has 0 aliphatic heterocycles. The summed E-state index contributed by atoms with van der Waals surface area (Å²) >= 11 is 6.10. The summed E-state index contributed by atoms with van der Waals surface area (Å²) in [6.45, 7) is 4.83. The second-order valence-corrected chi connectivity index (χ2v) is 5.67. The maximum absolute atomic E-state index is 12.0. The number of nitrogens with zero attached hydrogens (tertiary/aromatic N) is 1. The molecule has 1 N–H and O–H groups in total. The van der Waals surface area contributed by atoms with Gasteiger partial charge in [-0.1, -0.05) is 29.8 Å². The topological polar surface area (TPSA) is 51.2 Å². The predicted octanol–water partition coefficient (Wildman–Crippen LogP) is 3.69. The largest absolute Gasteiger partial charge is 0.478 e. The quantitative estimate of drug-likeness (QED) is 0.841. The molecule has 122 valence electrons. The highest BCUT2D eigenvalue weighted by atomic mass is 35.5. The number of nitrogens with one attached hydrogen (secondary N) is 1. The molecule has 0 saturated carbocycles. The summed E-state index contributed by atoms with van der Waals surface area (Å²) in [5.74, 6) is 0.564. The summed E-state index contributed by atoms with van der Waals surface area (Å²) in [5, 5.41) is 3.64. The van der Waals surface area contributed by atoms with Crippen LogP contribution in [-0.2, 0) is 17.8 Å². The first kappa shape index (κ1) is 17.3. The molecule has 2 aromatic rings. The number of aromatic nitrogens is 1. The molecule has 1 aromatic heterocycles. The van der Waals surface area contributed by atoms with Crippen LogP contribution in [0.3, 0.4) is 0 Å². The first-order chi connectivity index (χ1) is 11.1. The predicted molar refractivity (Wildman–Crippen MR) is 91.8 cm³/mol. The fourth-order valence-electron chi connectivity index (χ4n) is 2.16. The monoisotopic (exact) mass is 332 g/mol. The normalized spacial score (nSPS) is 10.4. The fourth-order valence-corrected chi connectivity index (χ4v) is 2.36. The van der Waals surface area contributed by atoms with Crippen molar-refractivity contribution in [2.75, 3.05) is 6.61 Å². The number of aryl methyl sites for hydroxylation is 2. The number of halogens is 1. The van der Waals surface area contributed by atoms with Crippen molar-refractivity contribution in [2.45, 2.75) is 33.2 Å². The zero-order chi connectivity index (χ0) is 16.7. The first-order valence-corrected chi connectivity index (χ1v) is 8.06. The minimum absolute atomic E-state index is 0.00648. The number of amides is 1. The summed E-state index contributed by atoms with van der Waals surface area (Å²) < 4.78 is 5.45. The van der Waals surface area contributed by atoms with E-state index >= 15 is 0 Å². The molecule has 1 amide bonds. The standard InChI is InChI=1S/C18H21ClN2O2/c1-3-23-18-15(5-4-10-20-18)12-21-17(22)9-8-14-7-6-13(2)16(19)11-14/h4-7,10-11H,3,8-9,12H2,1-2H3,(H,21,22). The second-order valence-electron chi connectivity index (χ2n) is 5.26. The number of carbonyl (C=O) groups is 1. The Morgan fingerprint density at radius 2 is 2.17 bits per heavy atom. The Balaban J connectivity index is 1.84. The number of hydrogen-bond donors (Lipinski definition) is 1. The molecule has 0 aliphatic rings. The highest BCUT2D eigenvalue weighted by Gasteiger charge is 2.07. The lowest BCUT2D eigenvalue weighted by molar-refractivity contribution is -0.121. The average Bonchev–Trinajstić information content (AvgIpc) is 2.55. The molecule has 0 fully saturated rings. The first-order valence-electron chi connectivity index (χ1n) is 7.68. The van der Waals surface area contributed by atoms with Gasteiger partial charge in [-0.25, -0.2) is 4.98 Å². The van der Waals surface area contributed by atoms with Crippen molar-refractivity contribution in [3.05, 3.63) is 58.2 Å². The summed E-state index contributed by atoms with van der Waals surface area (Å²) in [6, 6.07) is 9.62. The Labute approximate surface area is 141 Å². The van der Waals surface area contributed by atoms with Crippen LogP contribution in [0.4, 0.5) is 0 Å². The summed E-state index contributed by atoms with van der Waals surface area (Å²) in [4.78, 5) is 16.2. The number of pyridine rings is 1. The van der Waals surface area contributed by atoms with Gasteiger partial charge in [0.15, 0.2) is 0 Å². The van der Waals surface area contributed by atoms with Gasteiger partial charge in [0.05, 0.1) is 6.61 Å². The van der Waals surface area contributed by atoms with Crippen LogP contribution in [0.25, 0.3) is 0 Å². The Hall–Kier alpha value is -2.07. The van der Waals surface area contributed by atoms with Gasteiger partial charge in [-0.2, -0.15) is 0 Å². The third-order valence-corrected chi connectivity index (χ3v) is 3.89. The van der Waals surface area contributed by atoms with Crippen molar-refractivity contribution in [1.29, 1.82) is 0 Å². The molecular formula is C18H21ClN2O2. The minimum atomic E-state index is -0.00648. The minimum Gasteiger partial charge on any atom is -0.478 e. The van der Waals surface area contributed by atoms with Gasteiger partial charge < -0.3 is 10.1 Å². The van der Waals surface area contributed by atoms with E-state index in [1.165, 1.54) is 0 Å². The van der Waals surface area contributed by atoms with Crippen LogP contribution in [-0.4, -0.2) is 17.5 Å². The van der Waals surface area contributed by atoms with Crippen molar-refractivity contribution in [2.24, 2.45) is 0 Å². The van der Waals surface area contributed by atoms with Crippen LogP contribution >= 0.6 is 11.6 Å². The Morgan fingerprint density at radius 3 is 2.91 bits per heavy atom. The number of carbonyl (C=O) groups excluding carboxylic acids is 1. The lowest BCUT2D eigenvalue weighted by Gasteiger charge is -2.10. The summed E-state index contributed by atoms with van der Waals surface area (Å²) in [7, 11) is 0. The van der Waals surface area contributed by atoms with E-state index in [4.69, 9.17) is 16.3 Å². The molecule has 4 nitrogen and oxygen atoms in total. The van der Waals surface area contributed by atoms with Crippen molar-refractivity contribution in [3.63, 3.8) is 0 Å². The molecule has 1 heterocycles. The SMILES string of the molecule is CCOc1ncccc1CNC(=O)CCc1ccc(C)c(Cl)c1. The van der Waals surface area contributed by atoms with Gasteiger partial charge in [-0.3, -0.25) is 4.79 Å². The second kappa shape index (κ2) is 8.53. The molecule has 23 heavy (non-hydrogen) atoms. The van der Waals surface area contributed by atoms with Crippen LogP contribution in [0.2, 0.25) is 5.02 Å². The molecule has 2 rings (SSSR count). The van der Waals surface area contributed by atoms with Crippen LogP contribution in [0, 0.1) is 6.92 Å². The average molecular weight is 333 g/mol. The zero-order valence-corrected chi connectivity index (χ0v) is 14.2. The molecule has 0 aliphatic carbocycles. The van der Waals surface area contributed by atoms with E-state index in [-0.39, 0.29) is 5.91 Å². The van der Waals surface area contributed by atoms with Crippen molar-refractivity contribution < 1.29 is 9.53 Å². The summed E-state index contributed by atoms with van der Waals surface area (Å²) in [6.07, 6.45) is 2.76.